The fourth-order valence-corrected chi connectivity index (χ4v) is 4.88. The van der Waals surface area contributed by atoms with Crippen molar-refractivity contribution >= 4 is 34.3 Å². The second-order valence-electron chi connectivity index (χ2n) is 8.38. The van der Waals surface area contributed by atoms with Crippen LogP contribution in [0.5, 0.6) is 11.5 Å². The summed E-state index contributed by atoms with van der Waals surface area (Å²) in [6, 6.07) is 18.4. The summed E-state index contributed by atoms with van der Waals surface area (Å²) in [4.78, 5) is 31.4. The highest BCUT2D eigenvalue weighted by atomic mass is 32.2. The van der Waals surface area contributed by atoms with E-state index >= 15 is 0 Å². The number of aryl methyl sites for hydroxylation is 1. The molecule has 1 unspecified atom stereocenters. The Morgan fingerprint density at radius 1 is 1.03 bits per heavy atom. The van der Waals surface area contributed by atoms with Crippen molar-refractivity contribution in [2.24, 2.45) is 0 Å². The molecule has 1 aliphatic rings. The number of hydrogen-bond acceptors (Lipinski definition) is 6. The van der Waals surface area contributed by atoms with E-state index in [9.17, 15) is 9.59 Å². The fourth-order valence-electron chi connectivity index (χ4n) is 3.96. The van der Waals surface area contributed by atoms with Crippen molar-refractivity contribution in [2.75, 3.05) is 18.5 Å². The Hall–Kier alpha value is -3.78. The number of hydrogen-bond donors (Lipinski definition) is 1. The molecule has 1 aromatic heterocycles. The minimum atomic E-state index is -0.521. The Morgan fingerprint density at radius 3 is 2.63 bits per heavy atom. The molecule has 0 fully saturated rings. The number of para-hydroxylation sites is 1. The maximum atomic E-state index is 13.6. The van der Waals surface area contributed by atoms with E-state index in [2.05, 4.69) is 5.32 Å². The zero-order chi connectivity index (χ0) is 24.5. The molecule has 1 aliphatic heterocycles. The second kappa shape index (κ2) is 9.46. The van der Waals surface area contributed by atoms with Crippen LogP contribution in [0.3, 0.4) is 0 Å². The zero-order valence-electron chi connectivity index (χ0n) is 19.7. The number of nitrogens with zero attached hydrogens (tertiary/aromatic N) is 2. The standard InChI is InChI=1S/C27H25N3O4S/c1-16-7-6-10-22(17(16)2)30-26(32)20-8-4-5-9-21(20)29-27(30)35-18(3)25(31)28-19-11-12-23-24(15-19)34-14-13-33-23/h4-12,15,18H,13-14H2,1-3H3,(H,28,31). The lowest BCUT2D eigenvalue weighted by atomic mass is 10.1. The highest BCUT2D eigenvalue weighted by Crippen LogP contribution is 2.33. The van der Waals surface area contributed by atoms with Crippen LogP contribution >= 0.6 is 11.8 Å². The summed E-state index contributed by atoms with van der Waals surface area (Å²) in [5, 5.41) is 3.41. The highest BCUT2D eigenvalue weighted by molar-refractivity contribution is 8.00. The molecule has 2 heterocycles. The van der Waals surface area contributed by atoms with Crippen LogP contribution in [0, 0.1) is 13.8 Å². The minimum Gasteiger partial charge on any atom is -0.486 e. The Bertz CT molecular complexity index is 1500. The van der Waals surface area contributed by atoms with Gasteiger partial charge in [-0.1, -0.05) is 36.0 Å². The number of carbonyl (C=O) groups is 1. The molecule has 8 heteroatoms. The number of nitrogens with one attached hydrogen (secondary N) is 1. The highest BCUT2D eigenvalue weighted by Gasteiger charge is 2.22. The maximum Gasteiger partial charge on any atom is 0.266 e. The first kappa shape index (κ1) is 23.0. The van der Waals surface area contributed by atoms with Crippen molar-refractivity contribution in [2.45, 2.75) is 31.2 Å². The fraction of sp³-hybridized carbons (Fsp3) is 0.222. The van der Waals surface area contributed by atoms with Gasteiger partial charge >= 0.3 is 0 Å². The van der Waals surface area contributed by atoms with Crippen LogP contribution in [0.2, 0.25) is 0 Å². The number of aromatic nitrogens is 2. The molecular formula is C27H25N3O4S. The average Bonchev–Trinajstić information content (AvgIpc) is 2.86. The molecule has 1 N–H and O–H groups in total. The summed E-state index contributed by atoms with van der Waals surface area (Å²) in [6.45, 7) is 6.77. The predicted octanol–water partition coefficient (Wildman–Crippen LogP) is 4.89. The number of thioether (sulfide) groups is 1. The number of ether oxygens (including phenoxy) is 2. The summed E-state index contributed by atoms with van der Waals surface area (Å²) in [7, 11) is 0. The van der Waals surface area contributed by atoms with Crippen LogP contribution in [0.15, 0.2) is 70.6 Å². The van der Waals surface area contributed by atoms with Gasteiger partial charge < -0.3 is 14.8 Å². The Balaban J connectivity index is 1.49. The van der Waals surface area contributed by atoms with Gasteiger partial charge in [0.05, 0.1) is 21.8 Å². The van der Waals surface area contributed by atoms with E-state index in [1.165, 1.54) is 11.8 Å². The lowest BCUT2D eigenvalue weighted by molar-refractivity contribution is -0.115. The molecule has 178 valence electrons. The number of benzene rings is 3. The molecular weight excluding hydrogens is 462 g/mol. The molecule has 1 amide bonds. The number of anilines is 1. The molecule has 3 aromatic carbocycles. The molecule has 0 radical (unpaired) electrons. The third-order valence-electron chi connectivity index (χ3n) is 6.02. The largest absolute Gasteiger partial charge is 0.486 e. The third kappa shape index (κ3) is 4.49. The van der Waals surface area contributed by atoms with E-state index in [4.69, 9.17) is 14.5 Å². The van der Waals surface area contributed by atoms with Gasteiger partial charge in [-0.15, -0.1) is 0 Å². The van der Waals surface area contributed by atoms with Crippen LogP contribution in [-0.4, -0.2) is 33.9 Å². The first-order valence-electron chi connectivity index (χ1n) is 11.4. The van der Waals surface area contributed by atoms with Crippen molar-refractivity contribution in [1.29, 1.82) is 0 Å². The summed E-state index contributed by atoms with van der Waals surface area (Å²) >= 11 is 1.25. The Kier molecular flexibility index (Phi) is 6.21. The quantitative estimate of drug-likeness (QED) is 0.319. The summed E-state index contributed by atoms with van der Waals surface area (Å²) < 4.78 is 12.8. The molecule has 0 saturated heterocycles. The molecule has 0 aliphatic carbocycles. The maximum absolute atomic E-state index is 13.6. The minimum absolute atomic E-state index is 0.161. The van der Waals surface area contributed by atoms with Crippen molar-refractivity contribution in [3.05, 3.63) is 82.1 Å². The van der Waals surface area contributed by atoms with Gasteiger partial charge in [-0.3, -0.25) is 14.2 Å². The zero-order valence-corrected chi connectivity index (χ0v) is 20.5. The summed E-state index contributed by atoms with van der Waals surface area (Å²) in [6.07, 6.45) is 0. The van der Waals surface area contributed by atoms with E-state index < -0.39 is 5.25 Å². The molecule has 4 aromatic rings. The molecule has 0 spiro atoms. The van der Waals surface area contributed by atoms with E-state index in [-0.39, 0.29) is 11.5 Å². The smallest absolute Gasteiger partial charge is 0.266 e. The molecule has 7 nitrogen and oxygen atoms in total. The number of fused-ring (bicyclic) bond motifs is 2. The van der Waals surface area contributed by atoms with Crippen LogP contribution in [0.1, 0.15) is 18.1 Å². The van der Waals surface area contributed by atoms with Gasteiger partial charge in [0, 0.05) is 11.8 Å². The van der Waals surface area contributed by atoms with Gasteiger partial charge in [-0.25, -0.2) is 4.98 Å². The molecule has 1 atom stereocenters. The van der Waals surface area contributed by atoms with Crippen molar-refractivity contribution in [3.63, 3.8) is 0 Å². The van der Waals surface area contributed by atoms with Crippen molar-refractivity contribution < 1.29 is 14.3 Å². The summed E-state index contributed by atoms with van der Waals surface area (Å²) in [5.41, 5.74) is 3.87. The van der Waals surface area contributed by atoms with Gasteiger partial charge in [0.2, 0.25) is 5.91 Å². The van der Waals surface area contributed by atoms with E-state index in [1.54, 1.807) is 35.8 Å². The van der Waals surface area contributed by atoms with Crippen molar-refractivity contribution in [1.82, 2.24) is 9.55 Å². The van der Waals surface area contributed by atoms with Crippen molar-refractivity contribution in [3.8, 4) is 17.2 Å². The molecule has 5 rings (SSSR count). The summed E-state index contributed by atoms with van der Waals surface area (Å²) in [5.74, 6) is 1.06. The first-order valence-corrected chi connectivity index (χ1v) is 12.3. The van der Waals surface area contributed by atoms with Gasteiger partial charge in [-0.2, -0.15) is 0 Å². The van der Waals surface area contributed by atoms with E-state index in [1.807, 2.05) is 50.2 Å². The van der Waals surface area contributed by atoms with E-state index in [0.717, 1.165) is 16.8 Å². The topological polar surface area (TPSA) is 82.5 Å². The predicted molar refractivity (Wildman–Crippen MR) is 138 cm³/mol. The molecule has 0 saturated carbocycles. The molecule has 0 bridgehead atoms. The Morgan fingerprint density at radius 2 is 1.80 bits per heavy atom. The van der Waals surface area contributed by atoms with Crippen LogP contribution in [0.25, 0.3) is 16.6 Å². The lowest BCUT2D eigenvalue weighted by Gasteiger charge is -2.20. The van der Waals surface area contributed by atoms with Gasteiger partial charge in [0.25, 0.3) is 5.56 Å². The number of rotatable bonds is 5. The lowest BCUT2D eigenvalue weighted by Crippen LogP contribution is -2.26. The van der Waals surface area contributed by atoms with E-state index in [0.29, 0.717) is 46.5 Å². The van der Waals surface area contributed by atoms with Crippen LogP contribution in [0.4, 0.5) is 5.69 Å². The third-order valence-corrected chi connectivity index (χ3v) is 7.08. The normalized spacial score (nSPS) is 13.5. The van der Waals surface area contributed by atoms with Crippen LogP contribution in [-0.2, 0) is 4.79 Å². The monoisotopic (exact) mass is 487 g/mol. The average molecular weight is 488 g/mol. The SMILES string of the molecule is Cc1cccc(-n2c(SC(C)C(=O)Nc3ccc4c(c3)OCCO4)nc3ccccc3c2=O)c1C. The second-order valence-corrected chi connectivity index (χ2v) is 9.69. The van der Waals surface area contributed by atoms with Gasteiger partial charge in [0.15, 0.2) is 16.7 Å². The van der Waals surface area contributed by atoms with Gasteiger partial charge in [0.1, 0.15) is 13.2 Å². The number of carbonyl (C=O) groups excluding carboxylic acids is 1. The Labute approximate surface area is 207 Å². The van der Waals surface area contributed by atoms with Gasteiger partial charge in [-0.05, 0) is 62.2 Å². The number of amides is 1. The first-order chi connectivity index (χ1) is 16.9. The van der Waals surface area contributed by atoms with Crippen LogP contribution < -0.4 is 20.3 Å². The molecule has 35 heavy (non-hydrogen) atoms.